The molecule has 0 atom stereocenters. The third-order valence-corrected chi connectivity index (χ3v) is 2.71. The van der Waals surface area contributed by atoms with Crippen molar-refractivity contribution >= 4 is 17.3 Å². The van der Waals surface area contributed by atoms with Crippen LogP contribution in [0, 0.1) is 10.1 Å². The van der Waals surface area contributed by atoms with Crippen molar-refractivity contribution in [1.82, 2.24) is 10.5 Å². The highest BCUT2D eigenvalue weighted by Crippen LogP contribution is 2.21. The van der Waals surface area contributed by atoms with Crippen LogP contribution in [0.4, 0.5) is 5.69 Å². The maximum Gasteiger partial charge on any atom is 0.269 e. The average Bonchev–Trinajstić information content (AvgIpc) is 2.84. The highest BCUT2D eigenvalue weighted by Gasteiger charge is 2.09. The second-order valence-electron chi connectivity index (χ2n) is 3.62. The van der Waals surface area contributed by atoms with Crippen LogP contribution in [0.5, 0.6) is 0 Å². The van der Waals surface area contributed by atoms with E-state index in [0.717, 1.165) is 0 Å². The first-order valence-electron chi connectivity index (χ1n) is 5.20. The van der Waals surface area contributed by atoms with Crippen LogP contribution in [0.2, 0.25) is 5.02 Å². The van der Waals surface area contributed by atoms with Crippen molar-refractivity contribution in [2.75, 3.05) is 0 Å². The maximum atomic E-state index is 10.6. The standard InChI is InChI=1S/C11H10ClN3O3/c12-11-2-1-9(15(16)17)5-8(11)6-13-7-10-3-4-14-18-10/h1-5,13H,6-7H2. The van der Waals surface area contributed by atoms with Crippen molar-refractivity contribution in [3.05, 3.63) is 56.9 Å². The summed E-state index contributed by atoms with van der Waals surface area (Å²) in [4.78, 5) is 10.2. The summed E-state index contributed by atoms with van der Waals surface area (Å²) in [5.74, 6) is 0.691. The first kappa shape index (κ1) is 12.5. The minimum absolute atomic E-state index is 0.0239. The Morgan fingerprint density at radius 3 is 2.89 bits per heavy atom. The summed E-state index contributed by atoms with van der Waals surface area (Å²) in [6.07, 6.45) is 1.55. The molecule has 7 heteroatoms. The van der Waals surface area contributed by atoms with E-state index < -0.39 is 4.92 Å². The molecule has 18 heavy (non-hydrogen) atoms. The number of nitro groups is 1. The Hall–Kier alpha value is -1.92. The SMILES string of the molecule is O=[N+]([O-])c1ccc(Cl)c(CNCc2ccno2)c1. The predicted octanol–water partition coefficient (Wildman–Crippen LogP) is 2.53. The molecule has 0 saturated carbocycles. The largest absolute Gasteiger partial charge is 0.360 e. The van der Waals surface area contributed by atoms with Gasteiger partial charge in [-0.2, -0.15) is 0 Å². The van der Waals surface area contributed by atoms with Gasteiger partial charge < -0.3 is 9.84 Å². The fraction of sp³-hybridized carbons (Fsp3) is 0.182. The zero-order valence-corrected chi connectivity index (χ0v) is 10.1. The molecule has 1 aromatic carbocycles. The maximum absolute atomic E-state index is 10.6. The van der Waals surface area contributed by atoms with Crippen LogP contribution in [-0.4, -0.2) is 10.1 Å². The number of nitrogens with zero attached hydrogens (tertiary/aromatic N) is 2. The number of non-ortho nitro benzene ring substituents is 1. The Labute approximate surface area is 108 Å². The van der Waals surface area contributed by atoms with Gasteiger partial charge in [-0.3, -0.25) is 10.1 Å². The summed E-state index contributed by atoms with van der Waals surface area (Å²) in [7, 11) is 0. The predicted molar refractivity (Wildman–Crippen MR) is 65.2 cm³/mol. The van der Waals surface area contributed by atoms with E-state index in [9.17, 15) is 10.1 Å². The third kappa shape index (κ3) is 3.06. The van der Waals surface area contributed by atoms with Gasteiger partial charge >= 0.3 is 0 Å². The minimum Gasteiger partial charge on any atom is -0.360 e. The molecule has 0 aliphatic rings. The molecule has 0 aliphatic heterocycles. The van der Waals surface area contributed by atoms with E-state index in [-0.39, 0.29) is 5.69 Å². The van der Waals surface area contributed by atoms with Crippen LogP contribution in [0.1, 0.15) is 11.3 Å². The summed E-state index contributed by atoms with van der Waals surface area (Å²) in [6.45, 7) is 0.903. The van der Waals surface area contributed by atoms with Gasteiger partial charge in [-0.15, -0.1) is 0 Å². The number of hydrogen-bond acceptors (Lipinski definition) is 5. The molecule has 0 fully saturated rings. The molecule has 0 aliphatic carbocycles. The molecule has 1 aromatic heterocycles. The summed E-state index contributed by atoms with van der Waals surface area (Å²) < 4.78 is 4.91. The number of hydrogen-bond donors (Lipinski definition) is 1. The zero-order valence-electron chi connectivity index (χ0n) is 9.30. The molecule has 2 rings (SSSR count). The number of nitrogens with one attached hydrogen (secondary N) is 1. The van der Waals surface area contributed by atoms with Gasteiger partial charge in [-0.05, 0) is 11.6 Å². The van der Waals surface area contributed by atoms with Crippen LogP contribution in [0.25, 0.3) is 0 Å². The zero-order chi connectivity index (χ0) is 13.0. The normalized spacial score (nSPS) is 10.5. The van der Waals surface area contributed by atoms with E-state index >= 15 is 0 Å². The molecule has 0 radical (unpaired) electrons. The second kappa shape index (κ2) is 5.61. The van der Waals surface area contributed by atoms with Crippen LogP contribution in [0.3, 0.4) is 0 Å². The number of aromatic nitrogens is 1. The number of nitro benzene ring substituents is 1. The number of halogens is 1. The Morgan fingerprint density at radius 1 is 1.39 bits per heavy atom. The number of benzene rings is 1. The lowest BCUT2D eigenvalue weighted by Crippen LogP contribution is -2.12. The van der Waals surface area contributed by atoms with E-state index in [1.807, 2.05) is 0 Å². The minimum atomic E-state index is -0.448. The molecule has 0 spiro atoms. The van der Waals surface area contributed by atoms with E-state index in [0.29, 0.717) is 29.4 Å². The molecule has 0 amide bonds. The van der Waals surface area contributed by atoms with Crippen molar-refractivity contribution in [2.24, 2.45) is 0 Å². The highest BCUT2D eigenvalue weighted by molar-refractivity contribution is 6.31. The monoisotopic (exact) mass is 267 g/mol. The van der Waals surface area contributed by atoms with Crippen molar-refractivity contribution in [1.29, 1.82) is 0 Å². The van der Waals surface area contributed by atoms with E-state index in [2.05, 4.69) is 10.5 Å². The fourth-order valence-corrected chi connectivity index (χ4v) is 1.65. The molecular weight excluding hydrogens is 258 g/mol. The van der Waals surface area contributed by atoms with Gasteiger partial charge in [0.25, 0.3) is 5.69 Å². The molecule has 0 saturated heterocycles. The third-order valence-electron chi connectivity index (χ3n) is 2.35. The lowest BCUT2D eigenvalue weighted by atomic mass is 10.2. The number of rotatable bonds is 5. The van der Waals surface area contributed by atoms with E-state index in [1.54, 1.807) is 12.3 Å². The lowest BCUT2D eigenvalue weighted by Gasteiger charge is -2.05. The van der Waals surface area contributed by atoms with Crippen molar-refractivity contribution in [3.63, 3.8) is 0 Å². The molecule has 0 bridgehead atoms. The van der Waals surface area contributed by atoms with Crippen molar-refractivity contribution < 1.29 is 9.45 Å². The average molecular weight is 268 g/mol. The van der Waals surface area contributed by atoms with Crippen LogP contribution in [0.15, 0.2) is 35.0 Å². The summed E-state index contributed by atoms with van der Waals surface area (Å²) in [5.41, 5.74) is 0.696. The molecular formula is C11H10ClN3O3. The lowest BCUT2D eigenvalue weighted by molar-refractivity contribution is -0.384. The van der Waals surface area contributed by atoms with Gasteiger partial charge in [0, 0.05) is 29.8 Å². The van der Waals surface area contributed by atoms with Gasteiger partial charge in [0.1, 0.15) is 5.76 Å². The van der Waals surface area contributed by atoms with E-state index in [4.69, 9.17) is 16.1 Å². The first-order valence-corrected chi connectivity index (χ1v) is 5.57. The second-order valence-corrected chi connectivity index (χ2v) is 4.02. The highest BCUT2D eigenvalue weighted by atomic mass is 35.5. The smallest absolute Gasteiger partial charge is 0.269 e. The molecule has 1 heterocycles. The van der Waals surface area contributed by atoms with Crippen molar-refractivity contribution in [2.45, 2.75) is 13.1 Å². The van der Waals surface area contributed by atoms with E-state index in [1.165, 1.54) is 18.2 Å². The Bertz CT molecular complexity index is 542. The summed E-state index contributed by atoms with van der Waals surface area (Å²) in [6, 6.07) is 6.09. The fourth-order valence-electron chi connectivity index (χ4n) is 1.46. The van der Waals surface area contributed by atoms with Gasteiger partial charge in [-0.1, -0.05) is 16.8 Å². The molecule has 1 N–H and O–H groups in total. The Morgan fingerprint density at radius 2 is 2.22 bits per heavy atom. The molecule has 0 unspecified atom stereocenters. The van der Waals surface area contributed by atoms with Crippen LogP contribution >= 0.6 is 11.6 Å². The van der Waals surface area contributed by atoms with Crippen LogP contribution < -0.4 is 5.32 Å². The van der Waals surface area contributed by atoms with Gasteiger partial charge in [0.2, 0.25) is 0 Å². The molecule has 94 valence electrons. The van der Waals surface area contributed by atoms with Gasteiger partial charge in [-0.25, -0.2) is 0 Å². The van der Waals surface area contributed by atoms with Crippen LogP contribution in [-0.2, 0) is 13.1 Å². The quantitative estimate of drug-likeness (QED) is 0.665. The molecule has 2 aromatic rings. The van der Waals surface area contributed by atoms with Gasteiger partial charge in [0.15, 0.2) is 0 Å². The Kier molecular flexibility index (Phi) is 3.91. The molecule has 6 nitrogen and oxygen atoms in total. The van der Waals surface area contributed by atoms with Crippen molar-refractivity contribution in [3.8, 4) is 0 Å². The first-order chi connectivity index (χ1) is 8.66. The summed E-state index contributed by atoms with van der Waals surface area (Å²) in [5, 5.41) is 17.8. The summed E-state index contributed by atoms with van der Waals surface area (Å²) >= 11 is 5.96. The van der Waals surface area contributed by atoms with Gasteiger partial charge in [0.05, 0.1) is 17.7 Å². The topological polar surface area (TPSA) is 81.2 Å². The Balaban J connectivity index is 2.00.